The van der Waals surface area contributed by atoms with E-state index in [-0.39, 0.29) is 23.3 Å². The van der Waals surface area contributed by atoms with Crippen LogP contribution in [0.25, 0.3) is 0 Å². The lowest BCUT2D eigenvalue weighted by Crippen LogP contribution is -2.40. The quantitative estimate of drug-likeness (QED) is 0.730. The molecule has 1 unspecified atom stereocenters. The van der Waals surface area contributed by atoms with E-state index < -0.39 is 17.8 Å². The molecule has 0 spiro atoms. The molecule has 0 saturated carbocycles. The van der Waals surface area contributed by atoms with Crippen molar-refractivity contribution in [3.63, 3.8) is 0 Å². The molecule has 1 aromatic rings. The maximum atomic E-state index is 12.7. The van der Waals surface area contributed by atoms with Crippen molar-refractivity contribution in [3.8, 4) is 0 Å². The normalized spacial score (nSPS) is 14.3. The summed E-state index contributed by atoms with van der Waals surface area (Å²) < 4.78 is 38.2. The van der Waals surface area contributed by atoms with Crippen molar-refractivity contribution in [1.82, 2.24) is 5.32 Å². The fourth-order valence-corrected chi connectivity index (χ4v) is 1.64. The molecule has 20 heavy (non-hydrogen) atoms. The Morgan fingerprint density at radius 2 is 1.90 bits per heavy atom. The van der Waals surface area contributed by atoms with Gasteiger partial charge in [0.15, 0.2) is 0 Å². The van der Waals surface area contributed by atoms with Crippen molar-refractivity contribution >= 4 is 5.69 Å². The van der Waals surface area contributed by atoms with E-state index in [9.17, 15) is 18.3 Å². The number of benzene rings is 1. The van der Waals surface area contributed by atoms with Gasteiger partial charge in [0.05, 0.1) is 11.7 Å². The second-order valence-electron chi connectivity index (χ2n) is 5.48. The summed E-state index contributed by atoms with van der Waals surface area (Å²) in [5, 5.41) is 13.1. The molecule has 4 N–H and O–H groups in total. The highest BCUT2D eigenvalue weighted by Crippen LogP contribution is 2.35. The first kappa shape index (κ1) is 16.8. The lowest BCUT2D eigenvalue weighted by molar-refractivity contribution is -0.137. The van der Waals surface area contributed by atoms with Gasteiger partial charge < -0.3 is 16.2 Å². The molecule has 0 fully saturated rings. The van der Waals surface area contributed by atoms with Crippen LogP contribution in [0.2, 0.25) is 0 Å². The van der Waals surface area contributed by atoms with Gasteiger partial charge in [0.1, 0.15) is 0 Å². The Bertz CT molecular complexity index is 458. The number of anilines is 1. The highest BCUT2D eigenvalue weighted by molar-refractivity contribution is 5.50. The number of nitrogen functional groups attached to an aromatic ring is 1. The molecule has 1 aromatic carbocycles. The van der Waals surface area contributed by atoms with Gasteiger partial charge in [0.2, 0.25) is 0 Å². The van der Waals surface area contributed by atoms with Crippen molar-refractivity contribution in [2.24, 2.45) is 0 Å². The average Bonchev–Trinajstić information content (AvgIpc) is 2.35. The summed E-state index contributed by atoms with van der Waals surface area (Å²) >= 11 is 0. The third-order valence-electron chi connectivity index (χ3n) is 3.43. The van der Waals surface area contributed by atoms with Gasteiger partial charge in [0, 0.05) is 17.8 Å². The predicted octanol–water partition coefficient (Wildman–Crippen LogP) is 3.10. The van der Waals surface area contributed by atoms with E-state index in [0.29, 0.717) is 0 Å². The van der Waals surface area contributed by atoms with E-state index in [1.54, 1.807) is 0 Å². The van der Waals surface area contributed by atoms with E-state index in [2.05, 4.69) is 5.32 Å². The smallest absolute Gasteiger partial charge is 0.398 e. The molecule has 0 radical (unpaired) electrons. The SMILES string of the molecule is CCC(C)(C)NCC(O)c1ccc(N)c(C(F)(F)F)c1. The van der Waals surface area contributed by atoms with Crippen LogP contribution >= 0.6 is 0 Å². The molecule has 0 aliphatic carbocycles. The molecule has 0 bridgehead atoms. The minimum atomic E-state index is -4.52. The molecule has 0 aliphatic rings. The van der Waals surface area contributed by atoms with Gasteiger partial charge in [-0.25, -0.2) is 0 Å². The largest absolute Gasteiger partial charge is 0.418 e. The summed E-state index contributed by atoms with van der Waals surface area (Å²) in [6.45, 7) is 6.10. The third kappa shape index (κ3) is 4.38. The molecule has 0 aromatic heterocycles. The first-order chi connectivity index (χ1) is 9.07. The van der Waals surface area contributed by atoms with Gasteiger partial charge in [-0.1, -0.05) is 13.0 Å². The van der Waals surface area contributed by atoms with Crippen molar-refractivity contribution in [2.45, 2.75) is 45.0 Å². The molecule has 3 nitrogen and oxygen atoms in total. The number of aliphatic hydroxyl groups is 1. The number of β-amino-alcohol motifs (C(OH)–C–C–N with tert-alkyl or cyclic N) is 1. The molecular weight excluding hydrogens is 269 g/mol. The van der Waals surface area contributed by atoms with Gasteiger partial charge >= 0.3 is 6.18 Å². The van der Waals surface area contributed by atoms with Gasteiger partial charge in [-0.2, -0.15) is 13.2 Å². The van der Waals surface area contributed by atoms with Gasteiger partial charge in [-0.05, 0) is 38.0 Å². The molecule has 1 atom stereocenters. The van der Waals surface area contributed by atoms with Gasteiger partial charge in [-0.3, -0.25) is 0 Å². The number of hydrogen-bond acceptors (Lipinski definition) is 3. The van der Waals surface area contributed by atoms with Gasteiger partial charge in [0.25, 0.3) is 0 Å². The predicted molar refractivity (Wildman–Crippen MR) is 73.2 cm³/mol. The average molecular weight is 290 g/mol. The Morgan fingerprint density at radius 1 is 1.30 bits per heavy atom. The number of aliphatic hydroxyl groups excluding tert-OH is 1. The van der Waals surface area contributed by atoms with Crippen molar-refractivity contribution in [2.75, 3.05) is 12.3 Å². The summed E-state index contributed by atoms with van der Waals surface area (Å²) in [5.74, 6) is 0. The Balaban J connectivity index is 2.87. The number of rotatable bonds is 5. The maximum absolute atomic E-state index is 12.7. The van der Waals surface area contributed by atoms with E-state index in [1.165, 1.54) is 12.1 Å². The van der Waals surface area contributed by atoms with Crippen LogP contribution in [0.4, 0.5) is 18.9 Å². The van der Waals surface area contributed by atoms with Crippen LogP contribution < -0.4 is 11.1 Å². The van der Waals surface area contributed by atoms with E-state index in [0.717, 1.165) is 12.5 Å². The van der Waals surface area contributed by atoms with Crippen molar-refractivity contribution < 1.29 is 18.3 Å². The second kappa shape index (κ2) is 6.01. The third-order valence-corrected chi connectivity index (χ3v) is 3.43. The summed E-state index contributed by atoms with van der Waals surface area (Å²) in [6.07, 6.45) is -4.69. The maximum Gasteiger partial charge on any atom is 0.418 e. The Hall–Kier alpha value is -1.27. The van der Waals surface area contributed by atoms with Crippen LogP contribution in [0.5, 0.6) is 0 Å². The molecule has 1 rings (SSSR count). The number of nitrogens with one attached hydrogen (secondary N) is 1. The number of halogens is 3. The van der Waals surface area contributed by atoms with E-state index in [1.807, 2.05) is 20.8 Å². The van der Waals surface area contributed by atoms with Crippen LogP contribution in [0, 0.1) is 0 Å². The van der Waals surface area contributed by atoms with Crippen molar-refractivity contribution in [3.05, 3.63) is 29.3 Å². The molecule has 114 valence electrons. The fraction of sp³-hybridized carbons (Fsp3) is 0.571. The van der Waals surface area contributed by atoms with Crippen LogP contribution in [0.15, 0.2) is 18.2 Å². The monoisotopic (exact) mass is 290 g/mol. The number of nitrogens with two attached hydrogens (primary N) is 1. The van der Waals surface area contributed by atoms with Crippen LogP contribution in [-0.2, 0) is 6.18 Å². The summed E-state index contributed by atoms with van der Waals surface area (Å²) in [4.78, 5) is 0. The van der Waals surface area contributed by atoms with Crippen LogP contribution in [0.1, 0.15) is 44.4 Å². The standard InChI is InChI=1S/C14H21F3N2O/c1-4-13(2,3)19-8-12(20)9-5-6-11(18)10(7-9)14(15,16)17/h5-7,12,19-20H,4,8,18H2,1-3H3. The van der Waals surface area contributed by atoms with Crippen LogP contribution in [-0.4, -0.2) is 17.2 Å². The zero-order chi connectivity index (χ0) is 15.6. The zero-order valence-corrected chi connectivity index (χ0v) is 11.9. The highest BCUT2D eigenvalue weighted by Gasteiger charge is 2.33. The van der Waals surface area contributed by atoms with Gasteiger partial charge in [-0.15, -0.1) is 0 Å². The summed E-state index contributed by atoms with van der Waals surface area (Å²) in [5.41, 5.74) is 4.09. The summed E-state index contributed by atoms with van der Waals surface area (Å²) in [7, 11) is 0. The minimum Gasteiger partial charge on any atom is -0.398 e. The molecule has 0 amide bonds. The Labute approximate surface area is 117 Å². The molecule has 0 heterocycles. The second-order valence-corrected chi connectivity index (χ2v) is 5.48. The highest BCUT2D eigenvalue weighted by atomic mass is 19.4. The van der Waals surface area contributed by atoms with Crippen molar-refractivity contribution in [1.29, 1.82) is 0 Å². The fourth-order valence-electron chi connectivity index (χ4n) is 1.64. The molecule has 0 saturated heterocycles. The molecule has 6 heteroatoms. The lowest BCUT2D eigenvalue weighted by atomic mass is 10.00. The minimum absolute atomic E-state index is 0.179. The lowest BCUT2D eigenvalue weighted by Gasteiger charge is -2.26. The molecular formula is C14H21F3N2O. The first-order valence-electron chi connectivity index (χ1n) is 6.46. The first-order valence-corrected chi connectivity index (χ1v) is 6.46. The number of alkyl halides is 3. The van der Waals surface area contributed by atoms with E-state index in [4.69, 9.17) is 5.73 Å². The van der Waals surface area contributed by atoms with E-state index >= 15 is 0 Å². The Kier molecular flexibility index (Phi) is 5.05. The zero-order valence-electron chi connectivity index (χ0n) is 11.9. The Morgan fingerprint density at radius 3 is 2.40 bits per heavy atom. The summed E-state index contributed by atoms with van der Waals surface area (Å²) in [6, 6.07) is 3.49. The topological polar surface area (TPSA) is 58.3 Å². The molecule has 0 aliphatic heterocycles. The number of hydrogen-bond donors (Lipinski definition) is 3. The van der Waals surface area contributed by atoms with Crippen LogP contribution in [0.3, 0.4) is 0 Å².